The number of nitro groups is 1. The largest absolute Gasteiger partial charge is 0.457 e. The van der Waals surface area contributed by atoms with Gasteiger partial charge in [-0.1, -0.05) is 0 Å². The van der Waals surface area contributed by atoms with E-state index in [1.165, 1.54) is 42.5 Å². The summed E-state index contributed by atoms with van der Waals surface area (Å²) in [6.07, 6.45) is 1.42. The number of benzene rings is 2. The molecule has 2 aromatic carbocycles. The van der Waals surface area contributed by atoms with Crippen LogP contribution in [0.4, 0.5) is 10.1 Å². The van der Waals surface area contributed by atoms with E-state index in [1.54, 1.807) is 24.3 Å². The van der Waals surface area contributed by atoms with Crippen molar-refractivity contribution < 1.29 is 23.3 Å². The van der Waals surface area contributed by atoms with Gasteiger partial charge in [0.05, 0.1) is 4.92 Å². The van der Waals surface area contributed by atoms with Gasteiger partial charge < -0.3 is 9.15 Å². The molecule has 138 valence electrons. The van der Waals surface area contributed by atoms with Crippen LogP contribution in [0.5, 0.6) is 0 Å². The molecule has 1 aliphatic heterocycles. The van der Waals surface area contributed by atoms with Crippen molar-refractivity contribution in [1.82, 2.24) is 0 Å². The van der Waals surface area contributed by atoms with Crippen LogP contribution in [0.3, 0.4) is 0 Å². The molecule has 3 aromatic rings. The molecular weight excluding hydrogens is 367 g/mol. The van der Waals surface area contributed by atoms with E-state index in [1.807, 2.05) is 0 Å². The molecule has 0 N–H and O–H groups in total. The molecule has 7 nitrogen and oxygen atoms in total. The topological polar surface area (TPSA) is 94.9 Å². The molecular formula is C20H11FN2O5. The zero-order valence-corrected chi connectivity index (χ0v) is 14.2. The van der Waals surface area contributed by atoms with E-state index in [0.29, 0.717) is 22.6 Å². The summed E-state index contributed by atoms with van der Waals surface area (Å²) in [6.45, 7) is 0. The van der Waals surface area contributed by atoms with Gasteiger partial charge in [0.1, 0.15) is 17.3 Å². The molecule has 8 heteroatoms. The van der Waals surface area contributed by atoms with Crippen LogP contribution in [-0.2, 0) is 9.53 Å². The molecule has 0 spiro atoms. The Morgan fingerprint density at radius 3 is 2.32 bits per heavy atom. The number of hydrogen-bond donors (Lipinski definition) is 0. The van der Waals surface area contributed by atoms with Crippen molar-refractivity contribution in [2.24, 2.45) is 4.99 Å². The van der Waals surface area contributed by atoms with Gasteiger partial charge >= 0.3 is 5.97 Å². The number of nitrogens with zero attached hydrogens (tertiary/aromatic N) is 2. The monoisotopic (exact) mass is 378 g/mol. The van der Waals surface area contributed by atoms with Crippen LogP contribution >= 0.6 is 0 Å². The molecule has 2 heterocycles. The van der Waals surface area contributed by atoms with Crippen molar-refractivity contribution >= 4 is 23.6 Å². The number of aliphatic imine (C=N–C) groups is 1. The van der Waals surface area contributed by atoms with Crippen molar-refractivity contribution in [2.75, 3.05) is 0 Å². The van der Waals surface area contributed by atoms with E-state index < -0.39 is 16.7 Å². The number of esters is 1. The smallest absolute Gasteiger partial charge is 0.363 e. The van der Waals surface area contributed by atoms with Crippen LogP contribution in [0.1, 0.15) is 11.3 Å². The molecule has 0 saturated carbocycles. The fraction of sp³-hybridized carbons (Fsp3) is 0. The molecule has 0 aliphatic carbocycles. The summed E-state index contributed by atoms with van der Waals surface area (Å²) in [5.41, 5.74) is 1.15. The standard InChI is InChI=1S/C20H11FN2O5/c21-14-5-1-13(2-6-14)19-22-17(20(24)28-19)11-16-9-10-18(27-16)12-3-7-15(8-4-12)23(25)26/h1-11H/b17-11-. The van der Waals surface area contributed by atoms with E-state index in [-0.39, 0.29) is 17.3 Å². The van der Waals surface area contributed by atoms with Crippen molar-refractivity contribution in [2.45, 2.75) is 0 Å². The molecule has 28 heavy (non-hydrogen) atoms. The number of ether oxygens (including phenoxy) is 1. The zero-order chi connectivity index (χ0) is 19.7. The van der Waals surface area contributed by atoms with Gasteiger partial charge in [-0.15, -0.1) is 0 Å². The van der Waals surface area contributed by atoms with Gasteiger partial charge in [-0.25, -0.2) is 14.2 Å². The van der Waals surface area contributed by atoms with Crippen LogP contribution < -0.4 is 0 Å². The lowest BCUT2D eigenvalue weighted by Crippen LogP contribution is -2.05. The van der Waals surface area contributed by atoms with Crippen molar-refractivity contribution in [3.63, 3.8) is 0 Å². The van der Waals surface area contributed by atoms with Gasteiger partial charge in [-0.3, -0.25) is 10.1 Å². The first-order valence-electron chi connectivity index (χ1n) is 8.13. The molecule has 0 saturated heterocycles. The third-order valence-electron chi connectivity index (χ3n) is 3.98. The number of rotatable bonds is 4. The minimum Gasteiger partial charge on any atom is -0.457 e. The Kier molecular flexibility index (Phi) is 4.29. The number of hydrogen-bond acceptors (Lipinski definition) is 6. The Balaban J connectivity index is 1.58. The number of halogens is 1. The lowest BCUT2D eigenvalue weighted by atomic mass is 10.1. The molecule has 0 atom stereocenters. The molecule has 0 bridgehead atoms. The Morgan fingerprint density at radius 1 is 0.964 bits per heavy atom. The van der Waals surface area contributed by atoms with E-state index in [9.17, 15) is 19.3 Å². The molecule has 0 unspecified atom stereocenters. The second-order valence-electron chi connectivity index (χ2n) is 5.85. The van der Waals surface area contributed by atoms with Crippen molar-refractivity contribution in [3.05, 3.63) is 93.6 Å². The van der Waals surface area contributed by atoms with E-state index in [4.69, 9.17) is 9.15 Å². The highest BCUT2D eigenvalue weighted by molar-refractivity contribution is 6.12. The lowest BCUT2D eigenvalue weighted by molar-refractivity contribution is -0.384. The van der Waals surface area contributed by atoms with Gasteiger partial charge in [-0.05, 0) is 48.5 Å². The SMILES string of the molecule is O=C1OC(c2ccc(F)cc2)=N/C1=C\c1ccc(-c2ccc([N+](=O)[O-])cc2)o1. The summed E-state index contributed by atoms with van der Waals surface area (Å²) >= 11 is 0. The molecule has 0 radical (unpaired) electrons. The highest BCUT2D eigenvalue weighted by atomic mass is 19.1. The van der Waals surface area contributed by atoms with Crippen LogP contribution in [0.15, 0.2) is 75.8 Å². The first-order chi connectivity index (χ1) is 13.5. The van der Waals surface area contributed by atoms with E-state index in [2.05, 4.69) is 4.99 Å². The normalized spacial score (nSPS) is 14.8. The van der Waals surface area contributed by atoms with Crippen molar-refractivity contribution in [1.29, 1.82) is 0 Å². The number of furan rings is 1. The predicted molar refractivity (Wildman–Crippen MR) is 97.8 cm³/mol. The van der Waals surface area contributed by atoms with Gasteiger partial charge in [0.25, 0.3) is 5.69 Å². The first-order valence-corrected chi connectivity index (χ1v) is 8.13. The van der Waals surface area contributed by atoms with Gasteiger partial charge in [0.15, 0.2) is 5.70 Å². The van der Waals surface area contributed by atoms with Gasteiger partial charge in [0, 0.05) is 29.3 Å². The third kappa shape index (κ3) is 3.43. The number of nitro benzene ring substituents is 1. The second-order valence-corrected chi connectivity index (χ2v) is 5.85. The molecule has 4 rings (SSSR count). The summed E-state index contributed by atoms with van der Waals surface area (Å²) in [7, 11) is 0. The molecule has 1 aromatic heterocycles. The number of carbonyl (C=O) groups excluding carboxylic acids is 1. The summed E-state index contributed by atoms with van der Waals surface area (Å²) in [6, 6.07) is 14.6. The zero-order valence-electron chi connectivity index (χ0n) is 14.2. The summed E-state index contributed by atoms with van der Waals surface area (Å²) in [5, 5.41) is 10.7. The quantitative estimate of drug-likeness (QED) is 0.291. The Bertz CT molecular complexity index is 1130. The fourth-order valence-electron chi connectivity index (χ4n) is 2.59. The predicted octanol–water partition coefficient (Wildman–Crippen LogP) is 4.34. The first kappa shape index (κ1) is 17.3. The van der Waals surface area contributed by atoms with Crippen LogP contribution in [0, 0.1) is 15.9 Å². The minimum atomic E-state index is -0.646. The van der Waals surface area contributed by atoms with Gasteiger partial charge in [-0.2, -0.15) is 0 Å². The maximum atomic E-state index is 13.0. The Morgan fingerprint density at radius 2 is 1.64 bits per heavy atom. The average molecular weight is 378 g/mol. The van der Waals surface area contributed by atoms with E-state index in [0.717, 1.165) is 0 Å². The summed E-state index contributed by atoms with van der Waals surface area (Å²) < 4.78 is 23.8. The van der Waals surface area contributed by atoms with Crippen molar-refractivity contribution in [3.8, 4) is 11.3 Å². The molecule has 0 amide bonds. The third-order valence-corrected chi connectivity index (χ3v) is 3.98. The molecule has 0 fully saturated rings. The Hall–Kier alpha value is -4.07. The van der Waals surface area contributed by atoms with Crippen LogP contribution in [0.2, 0.25) is 0 Å². The summed E-state index contributed by atoms with van der Waals surface area (Å²) in [4.78, 5) is 26.4. The lowest BCUT2D eigenvalue weighted by Gasteiger charge is -1.98. The number of carbonyl (C=O) groups is 1. The fourth-order valence-corrected chi connectivity index (χ4v) is 2.59. The second kappa shape index (κ2) is 6.92. The van der Waals surface area contributed by atoms with E-state index >= 15 is 0 Å². The van der Waals surface area contributed by atoms with Crippen LogP contribution in [-0.4, -0.2) is 16.8 Å². The van der Waals surface area contributed by atoms with Crippen LogP contribution in [0.25, 0.3) is 17.4 Å². The summed E-state index contributed by atoms with van der Waals surface area (Å²) in [5.74, 6) is -0.120. The number of cyclic esters (lactones) is 1. The molecule has 1 aliphatic rings. The van der Waals surface area contributed by atoms with Gasteiger partial charge in [0.2, 0.25) is 5.90 Å². The highest BCUT2D eigenvalue weighted by Gasteiger charge is 2.24. The maximum Gasteiger partial charge on any atom is 0.363 e. The highest BCUT2D eigenvalue weighted by Crippen LogP contribution is 2.26. The average Bonchev–Trinajstić information content (AvgIpc) is 3.30. The minimum absolute atomic E-state index is 0.0194. The Labute approximate surface area is 157 Å². The number of non-ortho nitro benzene ring substituents is 1. The maximum absolute atomic E-state index is 13.0.